The molecule has 0 aliphatic carbocycles. The average molecular weight is 419 g/mol. The maximum Gasteiger partial charge on any atom is 0.275 e. The highest BCUT2D eigenvalue weighted by Gasteiger charge is 2.21. The summed E-state index contributed by atoms with van der Waals surface area (Å²) in [4.78, 5) is 27.4. The van der Waals surface area contributed by atoms with Gasteiger partial charge < -0.3 is 5.32 Å². The first kappa shape index (κ1) is 21.2. The van der Waals surface area contributed by atoms with E-state index in [4.69, 9.17) is 0 Å². The third kappa shape index (κ3) is 5.39. The fourth-order valence-electron chi connectivity index (χ4n) is 4.57. The second-order valence-corrected chi connectivity index (χ2v) is 8.93. The number of piperidine rings is 1. The maximum atomic E-state index is 12.5. The van der Waals surface area contributed by atoms with Crippen LogP contribution >= 0.6 is 0 Å². The van der Waals surface area contributed by atoms with Crippen molar-refractivity contribution in [1.82, 2.24) is 20.0 Å². The van der Waals surface area contributed by atoms with E-state index in [0.29, 0.717) is 11.9 Å². The molecule has 2 unspecified atom stereocenters. The van der Waals surface area contributed by atoms with E-state index >= 15 is 0 Å². The Bertz CT molecular complexity index is 1100. The van der Waals surface area contributed by atoms with Gasteiger partial charge in [-0.2, -0.15) is 5.10 Å². The minimum absolute atomic E-state index is 0.0902. The minimum Gasteiger partial charge on any atom is -0.350 e. The Morgan fingerprint density at radius 1 is 1.03 bits per heavy atom. The van der Waals surface area contributed by atoms with Crippen molar-refractivity contribution in [1.29, 1.82) is 0 Å². The largest absolute Gasteiger partial charge is 0.350 e. The second kappa shape index (κ2) is 9.43. The molecule has 2 atom stereocenters. The van der Waals surface area contributed by atoms with Gasteiger partial charge in [0.1, 0.15) is 6.54 Å². The van der Waals surface area contributed by atoms with Gasteiger partial charge in [-0.15, -0.1) is 0 Å². The first-order valence-corrected chi connectivity index (χ1v) is 11.0. The first-order chi connectivity index (χ1) is 15.0. The predicted octanol–water partition coefficient (Wildman–Crippen LogP) is 3.19. The van der Waals surface area contributed by atoms with Crippen LogP contribution in [0.3, 0.4) is 0 Å². The number of hydrogen-bond donors (Lipinski definition) is 1. The summed E-state index contributed by atoms with van der Waals surface area (Å²) >= 11 is 0. The molecule has 6 nitrogen and oxygen atoms in total. The number of carbonyl (C=O) groups is 1. The molecule has 1 N–H and O–H groups in total. The van der Waals surface area contributed by atoms with E-state index in [2.05, 4.69) is 53.4 Å². The Hall–Kier alpha value is -2.99. The van der Waals surface area contributed by atoms with Crippen molar-refractivity contribution >= 4 is 16.7 Å². The SMILES string of the molecule is CC1CC(C)CN(Cc2ccc(CNC(=O)Cn3ncc4ccccc4c3=O)cc2)C1. The van der Waals surface area contributed by atoms with Gasteiger partial charge in [-0.1, -0.05) is 56.3 Å². The Labute approximate surface area is 182 Å². The van der Waals surface area contributed by atoms with Crippen LogP contribution in [0.2, 0.25) is 0 Å². The molecule has 0 saturated carbocycles. The topological polar surface area (TPSA) is 67.2 Å². The van der Waals surface area contributed by atoms with Gasteiger partial charge >= 0.3 is 0 Å². The molecule has 1 fully saturated rings. The van der Waals surface area contributed by atoms with Crippen LogP contribution < -0.4 is 10.9 Å². The quantitative estimate of drug-likeness (QED) is 0.668. The molecule has 6 heteroatoms. The highest BCUT2D eigenvalue weighted by molar-refractivity contribution is 5.81. The summed E-state index contributed by atoms with van der Waals surface area (Å²) in [6.07, 6.45) is 2.93. The van der Waals surface area contributed by atoms with Gasteiger partial charge in [-0.05, 0) is 35.4 Å². The molecule has 2 aromatic carbocycles. The van der Waals surface area contributed by atoms with Gasteiger partial charge in [0.25, 0.3) is 5.56 Å². The van der Waals surface area contributed by atoms with Gasteiger partial charge in [0.2, 0.25) is 5.91 Å². The monoisotopic (exact) mass is 418 g/mol. The molecule has 0 bridgehead atoms. The van der Waals surface area contributed by atoms with Gasteiger partial charge in [0, 0.05) is 31.6 Å². The van der Waals surface area contributed by atoms with Crippen LogP contribution in [0.5, 0.6) is 0 Å². The van der Waals surface area contributed by atoms with Crippen LogP contribution in [-0.2, 0) is 24.4 Å². The minimum atomic E-state index is -0.251. The number of likely N-dealkylation sites (tertiary alicyclic amines) is 1. The summed E-state index contributed by atoms with van der Waals surface area (Å²) in [6, 6.07) is 15.7. The summed E-state index contributed by atoms with van der Waals surface area (Å²) in [6.45, 7) is 8.28. The Kier molecular flexibility index (Phi) is 6.47. The zero-order chi connectivity index (χ0) is 21.8. The van der Waals surface area contributed by atoms with E-state index in [1.54, 1.807) is 12.3 Å². The van der Waals surface area contributed by atoms with Crippen molar-refractivity contribution in [3.8, 4) is 0 Å². The lowest BCUT2D eigenvalue weighted by Crippen LogP contribution is -2.38. The molecule has 0 spiro atoms. The molecule has 1 amide bonds. The van der Waals surface area contributed by atoms with Crippen molar-refractivity contribution in [2.45, 2.75) is 39.9 Å². The van der Waals surface area contributed by atoms with Crippen LogP contribution in [0.25, 0.3) is 10.8 Å². The molecule has 1 saturated heterocycles. The molecule has 4 rings (SSSR count). The molecule has 0 radical (unpaired) electrons. The van der Waals surface area contributed by atoms with E-state index in [-0.39, 0.29) is 18.0 Å². The summed E-state index contributed by atoms with van der Waals surface area (Å²) in [5.74, 6) is 1.27. The highest BCUT2D eigenvalue weighted by Crippen LogP contribution is 2.22. The molecule has 2 heterocycles. The van der Waals surface area contributed by atoms with Gasteiger partial charge in [-0.25, -0.2) is 4.68 Å². The van der Waals surface area contributed by atoms with Gasteiger partial charge in [0.15, 0.2) is 0 Å². The van der Waals surface area contributed by atoms with Crippen LogP contribution in [0.1, 0.15) is 31.4 Å². The highest BCUT2D eigenvalue weighted by atomic mass is 16.2. The fourth-order valence-corrected chi connectivity index (χ4v) is 4.57. The molecule has 1 aliphatic rings. The van der Waals surface area contributed by atoms with Gasteiger partial charge in [0.05, 0.1) is 11.6 Å². The molecular formula is C25H30N4O2. The van der Waals surface area contributed by atoms with Crippen molar-refractivity contribution in [3.05, 3.63) is 76.2 Å². The van der Waals surface area contributed by atoms with Crippen LogP contribution in [0.15, 0.2) is 59.5 Å². The average Bonchev–Trinajstić information content (AvgIpc) is 2.75. The lowest BCUT2D eigenvalue weighted by Gasteiger charge is -2.35. The number of hydrogen-bond acceptors (Lipinski definition) is 4. The number of fused-ring (bicyclic) bond motifs is 1. The van der Waals surface area contributed by atoms with Crippen molar-refractivity contribution in [2.75, 3.05) is 13.1 Å². The molecule has 1 aliphatic heterocycles. The number of nitrogens with zero attached hydrogens (tertiary/aromatic N) is 3. The van der Waals surface area contributed by atoms with E-state index in [1.807, 2.05) is 18.2 Å². The van der Waals surface area contributed by atoms with Crippen molar-refractivity contribution in [3.63, 3.8) is 0 Å². The lowest BCUT2D eigenvalue weighted by molar-refractivity contribution is -0.122. The van der Waals surface area contributed by atoms with E-state index in [9.17, 15) is 9.59 Å². The van der Waals surface area contributed by atoms with Crippen LogP contribution in [0, 0.1) is 11.8 Å². The van der Waals surface area contributed by atoms with Gasteiger partial charge in [-0.3, -0.25) is 14.5 Å². The Morgan fingerprint density at radius 3 is 2.45 bits per heavy atom. The number of carbonyl (C=O) groups excluding carboxylic acids is 1. The van der Waals surface area contributed by atoms with Crippen LogP contribution in [0.4, 0.5) is 0 Å². The maximum absolute atomic E-state index is 12.5. The molecular weight excluding hydrogens is 388 g/mol. The number of benzene rings is 2. The molecule has 3 aromatic rings. The molecule has 162 valence electrons. The van der Waals surface area contributed by atoms with Crippen molar-refractivity contribution in [2.24, 2.45) is 11.8 Å². The third-order valence-electron chi connectivity index (χ3n) is 5.92. The van der Waals surface area contributed by atoms with E-state index in [1.165, 1.54) is 16.7 Å². The first-order valence-electron chi connectivity index (χ1n) is 11.0. The predicted molar refractivity (Wildman–Crippen MR) is 123 cm³/mol. The second-order valence-electron chi connectivity index (χ2n) is 8.93. The summed E-state index contributed by atoms with van der Waals surface area (Å²) in [5, 5.41) is 8.35. The Morgan fingerprint density at radius 2 is 1.71 bits per heavy atom. The van der Waals surface area contributed by atoms with Crippen molar-refractivity contribution < 1.29 is 4.79 Å². The van der Waals surface area contributed by atoms with E-state index in [0.717, 1.165) is 42.4 Å². The lowest BCUT2D eigenvalue weighted by atomic mass is 9.91. The number of amides is 1. The fraction of sp³-hybridized carbons (Fsp3) is 0.400. The third-order valence-corrected chi connectivity index (χ3v) is 5.92. The molecule has 1 aromatic heterocycles. The zero-order valence-electron chi connectivity index (χ0n) is 18.3. The Balaban J connectivity index is 1.31. The van der Waals surface area contributed by atoms with Crippen LogP contribution in [-0.4, -0.2) is 33.7 Å². The number of aromatic nitrogens is 2. The number of rotatable bonds is 6. The normalized spacial score (nSPS) is 19.4. The number of nitrogens with one attached hydrogen (secondary N) is 1. The summed E-state index contributed by atoms with van der Waals surface area (Å²) in [7, 11) is 0. The zero-order valence-corrected chi connectivity index (χ0v) is 18.3. The standard InChI is InChI=1S/C25H30N4O2/c1-18-11-19(2)15-28(14-18)16-21-9-7-20(8-10-21)12-26-24(30)17-29-25(31)23-6-4-3-5-22(23)13-27-29/h3-10,13,18-19H,11-12,14-17H2,1-2H3,(H,26,30). The van der Waals surface area contributed by atoms with E-state index < -0.39 is 0 Å². The summed E-state index contributed by atoms with van der Waals surface area (Å²) in [5.41, 5.74) is 2.08. The smallest absolute Gasteiger partial charge is 0.275 e. The summed E-state index contributed by atoms with van der Waals surface area (Å²) < 4.78 is 1.21. The molecule has 31 heavy (non-hydrogen) atoms.